The fourth-order valence-electron chi connectivity index (χ4n) is 3.27. The van der Waals surface area contributed by atoms with E-state index in [0.29, 0.717) is 23.7 Å². The van der Waals surface area contributed by atoms with Crippen LogP contribution in [0.25, 0.3) is 20.8 Å². The van der Waals surface area contributed by atoms with E-state index < -0.39 is 0 Å². The Kier molecular flexibility index (Phi) is 4.03. The molecule has 6 nitrogen and oxygen atoms in total. The lowest BCUT2D eigenvalue weighted by molar-refractivity contribution is 0.284. The van der Waals surface area contributed by atoms with Crippen LogP contribution in [0.5, 0.6) is 0 Å². The summed E-state index contributed by atoms with van der Waals surface area (Å²) in [7, 11) is 0. The minimum atomic E-state index is 0.370. The summed E-state index contributed by atoms with van der Waals surface area (Å²) in [6.07, 6.45) is 5.68. The zero-order chi connectivity index (χ0) is 17.6. The van der Waals surface area contributed by atoms with Crippen molar-refractivity contribution in [2.45, 2.75) is 46.1 Å². The molecule has 0 aliphatic heterocycles. The van der Waals surface area contributed by atoms with Crippen molar-refractivity contribution in [2.24, 2.45) is 5.92 Å². The molecule has 1 unspecified atom stereocenters. The molecule has 0 aromatic carbocycles. The molecule has 25 heavy (non-hydrogen) atoms. The number of rotatable bonds is 4. The third-order valence-corrected chi connectivity index (χ3v) is 6.07. The lowest BCUT2D eigenvalue weighted by atomic mass is 9.80. The highest BCUT2D eigenvalue weighted by molar-refractivity contribution is 7.21. The summed E-state index contributed by atoms with van der Waals surface area (Å²) in [5.74, 6) is 1.79. The number of nitrogens with zero attached hydrogens (tertiary/aromatic N) is 4. The number of nitrogens with two attached hydrogens (primary N) is 1. The van der Waals surface area contributed by atoms with Crippen molar-refractivity contribution < 1.29 is 0 Å². The maximum Gasteiger partial charge on any atom is 0.225 e. The zero-order valence-electron chi connectivity index (χ0n) is 14.7. The van der Waals surface area contributed by atoms with Crippen molar-refractivity contribution in [2.75, 3.05) is 11.1 Å². The first kappa shape index (κ1) is 16.2. The van der Waals surface area contributed by atoms with Gasteiger partial charge in [0.25, 0.3) is 0 Å². The summed E-state index contributed by atoms with van der Waals surface area (Å²) in [6.45, 7) is 6.12. The molecular weight excluding hydrogens is 332 g/mol. The molecule has 3 aromatic heterocycles. The first-order valence-corrected chi connectivity index (χ1v) is 9.47. The van der Waals surface area contributed by atoms with E-state index in [0.717, 1.165) is 32.2 Å². The quantitative estimate of drug-likeness (QED) is 0.737. The van der Waals surface area contributed by atoms with Crippen molar-refractivity contribution in [3.8, 4) is 10.6 Å². The van der Waals surface area contributed by atoms with Crippen LogP contribution in [0, 0.1) is 19.8 Å². The highest BCUT2D eigenvalue weighted by Crippen LogP contribution is 2.36. The van der Waals surface area contributed by atoms with Crippen molar-refractivity contribution in [1.29, 1.82) is 0 Å². The number of aryl methyl sites for hydroxylation is 2. The zero-order valence-corrected chi connectivity index (χ0v) is 15.5. The van der Waals surface area contributed by atoms with Crippen LogP contribution in [-0.2, 0) is 0 Å². The van der Waals surface area contributed by atoms with Crippen LogP contribution in [-0.4, -0.2) is 26.0 Å². The highest BCUT2D eigenvalue weighted by Gasteiger charge is 2.25. The van der Waals surface area contributed by atoms with Gasteiger partial charge in [-0.1, -0.05) is 6.42 Å². The minimum Gasteiger partial charge on any atom is -0.383 e. The number of nitrogens with one attached hydrogen (secondary N) is 1. The van der Waals surface area contributed by atoms with Gasteiger partial charge >= 0.3 is 0 Å². The van der Waals surface area contributed by atoms with Crippen LogP contribution in [0.4, 0.5) is 11.8 Å². The van der Waals surface area contributed by atoms with Crippen molar-refractivity contribution in [1.82, 2.24) is 19.9 Å². The van der Waals surface area contributed by atoms with E-state index in [1.54, 1.807) is 17.5 Å². The average Bonchev–Trinajstić information content (AvgIpc) is 2.89. The smallest absolute Gasteiger partial charge is 0.225 e. The van der Waals surface area contributed by atoms with E-state index in [1.165, 1.54) is 19.3 Å². The van der Waals surface area contributed by atoms with Gasteiger partial charge in [-0.15, -0.1) is 11.3 Å². The molecule has 3 heterocycles. The number of hydrogen-bond donors (Lipinski definition) is 2. The number of nitrogen functional groups attached to an aromatic ring is 1. The van der Waals surface area contributed by atoms with Gasteiger partial charge in [0.1, 0.15) is 16.3 Å². The molecule has 1 atom stereocenters. The van der Waals surface area contributed by atoms with Crippen molar-refractivity contribution in [3.63, 3.8) is 0 Å². The van der Waals surface area contributed by atoms with E-state index in [2.05, 4.69) is 27.2 Å². The van der Waals surface area contributed by atoms with Gasteiger partial charge in [0, 0.05) is 12.2 Å². The van der Waals surface area contributed by atoms with Crippen molar-refractivity contribution in [3.05, 3.63) is 23.7 Å². The Morgan fingerprint density at radius 1 is 1.20 bits per heavy atom. The molecule has 1 saturated carbocycles. The van der Waals surface area contributed by atoms with E-state index in [1.807, 2.05) is 19.9 Å². The van der Waals surface area contributed by atoms with Gasteiger partial charge in [0.15, 0.2) is 0 Å². The molecule has 3 N–H and O–H groups in total. The third kappa shape index (κ3) is 2.93. The molecule has 1 aliphatic carbocycles. The van der Waals surface area contributed by atoms with Crippen LogP contribution in [0.3, 0.4) is 0 Å². The van der Waals surface area contributed by atoms with Gasteiger partial charge in [0.2, 0.25) is 5.95 Å². The number of thiazole rings is 1. The Bertz CT molecular complexity index is 907. The molecule has 0 amide bonds. The van der Waals surface area contributed by atoms with Gasteiger partial charge < -0.3 is 11.1 Å². The predicted octanol–water partition coefficient (Wildman–Crippen LogP) is 3.95. The number of fused-ring (bicyclic) bond motifs is 1. The Morgan fingerprint density at radius 2 is 2.00 bits per heavy atom. The van der Waals surface area contributed by atoms with E-state index in [-0.39, 0.29) is 0 Å². The summed E-state index contributed by atoms with van der Waals surface area (Å²) in [4.78, 5) is 18.2. The maximum absolute atomic E-state index is 6.27. The second-order valence-corrected chi connectivity index (χ2v) is 7.81. The van der Waals surface area contributed by atoms with Crippen LogP contribution in [0.1, 0.15) is 37.6 Å². The second-order valence-electron chi connectivity index (χ2n) is 6.78. The van der Waals surface area contributed by atoms with Crippen LogP contribution in [0.15, 0.2) is 12.3 Å². The summed E-state index contributed by atoms with van der Waals surface area (Å²) in [6, 6.07) is 2.35. The van der Waals surface area contributed by atoms with Gasteiger partial charge in [-0.2, -0.15) is 4.98 Å². The molecule has 0 saturated heterocycles. The summed E-state index contributed by atoms with van der Waals surface area (Å²) in [5, 5.41) is 4.26. The molecule has 0 radical (unpaired) electrons. The SMILES string of the molecule is Cc1nc(NC(C)C2CCC2)nc(N)c1-c1nc2c(C)nccc2s1. The van der Waals surface area contributed by atoms with Gasteiger partial charge in [0.05, 0.1) is 21.7 Å². The Labute approximate surface area is 150 Å². The van der Waals surface area contributed by atoms with Gasteiger partial charge in [-0.3, -0.25) is 4.98 Å². The predicted molar refractivity (Wildman–Crippen MR) is 103 cm³/mol. The molecule has 4 rings (SSSR count). The number of aromatic nitrogens is 4. The molecule has 130 valence electrons. The number of hydrogen-bond acceptors (Lipinski definition) is 7. The molecule has 0 bridgehead atoms. The summed E-state index contributed by atoms with van der Waals surface area (Å²) in [5.41, 5.74) is 9.78. The maximum atomic E-state index is 6.27. The first-order chi connectivity index (χ1) is 12.0. The van der Waals surface area contributed by atoms with Gasteiger partial charge in [-0.05, 0) is 45.6 Å². The largest absolute Gasteiger partial charge is 0.383 e. The molecular formula is C18H22N6S. The monoisotopic (exact) mass is 354 g/mol. The lowest BCUT2D eigenvalue weighted by Gasteiger charge is -2.32. The number of anilines is 2. The van der Waals surface area contributed by atoms with Crippen LogP contribution >= 0.6 is 11.3 Å². The molecule has 1 aliphatic rings. The average molecular weight is 354 g/mol. The highest BCUT2D eigenvalue weighted by atomic mass is 32.1. The molecule has 7 heteroatoms. The van der Waals surface area contributed by atoms with Crippen molar-refractivity contribution >= 4 is 33.3 Å². The second kappa shape index (κ2) is 6.22. The van der Waals surface area contributed by atoms with E-state index in [4.69, 9.17) is 10.7 Å². The molecule has 3 aromatic rings. The normalized spacial score (nSPS) is 16.0. The topological polar surface area (TPSA) is 89.6 Å². The Balaban J connectivity index is 1.68. The molecule has 0 spiro atoms. The summed E-state index contributed by atoms with van der Waals surface area (Å²) >= 11 is 1.60. The standard InChI is InChI=1S/C18H22N6S/c1-9(12-5-4-6-12)21-18-22-10(2)14(16(19)24-18)17-23-15-11(3)20-8-7-13(15)25-17/h7-9,12H,4-6H2,1-3H3,(H3,19,21,22,24). The third-order valence-electron chi connectivity index (χ3n) is 5.04. The summed E-state index contributed by atoms with van der Waals surface area (Å²) < 4.78 is 1.10. The van der Waals surface area contributed by atoms with Gasteiger partial charge in [-0.25, -0.2) is 9.97 Å². The fourth-order valence-corrected chi connectivity index (χ4v) is 4.39. The van der Waals surface area contributed by atoms with E-state index in [9.17, 15) is 0 Å². The minimum absolute atomic E-state index is 0.370. The van der Waals surface area contributed by atoms with E-state index >= 15 is 0 Å². The molecule has 1 fully saturated rings. The first-order valence-electron chi connectivity index (χ1n) is 8.66. The lowest BCUT2D eigenvalue weighted by Crippen LogP contribution is -2.31. The number of pyridine rings is 1. The van der Waals surface area contributed by atoms with Crippen LogP contribution in [0.2, 0.25) is 0 Å². The Hall–Kier alpha value is -2.28. The fraction of sp³-hybridized carbons (Fsp3) is 0.444. The Morgan fingerprint density at radius 3 is 2.64 bits per heavy atom. The van der Waals surface area contributed by atoms with Crippen LogP contribution < -0.4 is 11.1 Å².